The van der Waals surface area contributed by atoms with Crippen molar-refractivity contribution in [1.29, 1.82) is 0 Å². The van der Waals surface area contributed by atoms with Crippen LogP contribution in [0.2, 0.25) is 0 Å². The number of methoxy groups -OCH3 is 2. The second-order valence-electron chi connectivity index (χ2n) is 7.27. The fourth-order valence-corrected chi connectivity index (χ4v) is 4.10. The predicted molar refractivity (Wildman–Crippen MR) is 102 cm³/mol. The largest absolute Gasteiger partial charge is 0.374 e. The average molecular weight is 355 g/mol. The van der Waals surface area contributed by atoms with Crippen LogP contribution in [0.1, 0.15) is 37.4 Å². The van der Waals surface area contributed by atoms with Crippen molar-refractivity contribution in [2.75, 3.05) is 14.2 Å². The van der Waals surface area contributed by atoms with Gasteiger partial charge < -0.3 is 14.2 Å². The van der Waals surface area contributed by atoms with E-state index in [1.807, 2.05) is 30.5 Å². The van der Waals surface area contributed by atoms with Crippen LogP contribution >= 0.6 is 0 Å². The zero-order valence-corrected chi connectivity index (χ0v) is 15.9. The fourth-order valence-electron chi connectivity index (χ4n) is 4.10. The number of pyridine rings is 1. The Morgan fingerprint density at radius 2 is 1.81 bits per heavy atom. The molecule has 4 nitrogen and oxygen atoms in total. The molecule has 26 heavy (non-hydrogen) atoms. The molecule has 3 rings (SSSR count). The molecule has 4 heteroatoms. The van der Waals surface area contributed by atoms with E-state index in [0.29, 0.717) is 6.61 Å². The van der Waals surface area contributed by atoms with Gasteiger partial charge in [-0.3, -0.25) is 4.98 Å². The summed E-state index contributed by atoms with van der Waals surface area (Å²) in [7, 11) is 3.42. The molecule has 0 unspecified atom stereocenters. The van der Waals surface area contributed by atoms with Gasteiger partial charge in [0.2, 0.25) is 0 Å². The molecule has 1 aromatic heterocycles. The van der Waals surface area contributed by atoms with Gasteiger partial charge in [0, 0.05) is 37.4 Å². The van der Waals surface area contributed by atoms with Gasteiger partial charge in [0.1, 0.15) is 0 Å². The molecule has 1 heterocycles. The number of ether oxygens (including phenoxy) is 3. The van der Waals surface area contributed by atoms with Gasteiger partial charge in [-0.15, -0.1) is 0 Å². The minimum absolute atomic E-state index is 0.0927. The maximum absolute atomic E-state index is 6.24. The molecular formula is C22H29NO3. The van der Waals surface area contributed by atoms with Crippen LogP contribution in [0, 0.1) is 5.92 Å². The van der Waals surface area contributed by atoms with Crippen molar-refractivity contribution >= 4 is 0 Å². The van der Waals surface area contributed by atoms with Crippen molar-refractivity contribution in [1.82, 2.24) is 4.98 Å². The highest BCUT2D eigenvalue weighted by Gasteiger charge is 2.46. The fraction of sp³-hybridized carbons (Fsp3) is 0.500. The summed E-state index contributed by atoms with van der Waals surface area (Å²) < 4.78 is 17.6. The van der Waals surface area contributed by atoms with Gasteiger partial charge >= 0.3 is 0 Å². The van der Waals surface area contributed by atoms with Crippen molar-refractivity contribution in [2.24, 2.45) is 5.92 Å². The molecule has 0 amide bonds. The second-order valence-corrected chi connectivity index (χ2v) is 7.27. The maximum Gasteiger partial charge on any atom is 0.160 e. The molecule has 0 N–H and O–H groups in total. The van der Waals surface area contributed by atoms with Crippen molar-refractivity contribution in [2.45, 2.75) is 50.6 Å². The van der Waals surface area contributed by atoms with Crippen LogP contribution < -0.4 is 0 Å². The molecule has 1 saturated carbocycles. The van der Waals surface area contributed by atoms with E-state index in [2.05, 4.69) is 36.2 Å². The lowest BCUT2D eigenvalue weighted by Crippen LogP contribution is -2.47. The Balaban J connectivity index is 1.75. The van der Waals surface area contributed by atoms with E-state index in [1.165, 1.54) is 5.56 Å². The third kappa shape index (κ3) is 4.14. The van der Waals surface area contributed by atoms with E-state index in [9.17, 15) is 0 Å². The Morgan fingerprint density at radius 1 is 1.08 bits per heavy atom. The summed E-state index contributed by atoms with van der Waals surface area (Å²) in [5, 5.41) is 0. The van der Waals surface area contributed by atoms with E-state index >= 15 is 0 Å². The Labute approximate surface area is 156 Å². The van der Waals surface area contributed by atoms with E-state index in [-0.39, 0.29) is 23.7 Å². The monoisotopic (exact) mass is 355 g/mol. The summed E-state index contributed by atoms with van der Waals surface area (Å²) in [6.45, 7) is 2.92. The zero-order valence-electron chi connectivity index (χ0n) is 15.9. The molecule has 140 valence electrons. The molecule has 1 fully saturated rings. The van der Waals surface area contributed by atoms with Crippen LogP contribution in [0.4, 0.5) is 0 Å². The number of hydrogen-bond donors (Lipinski definition) is 0. The van der Waals surface area contributed by atoms with Gasteiger partial charge in [-0.2, -0.15) is 0 Å². The second kappa shape index (κ2) is 8.76. The highest BCUT2D eigenvalue weighted by Crippen LogP contribution is 2.46. The SMILES string of the molecule is COC(OC)[C@H]1C[C@@H](OCc2ccccc2)CC[C@]1(C)c1ccccn1. The van der Waals surface area contributed by atoms with E-state index in [0.717, 1.165) is 25.0 Å². The summed E-state index contributed by atoms with van der Waals surface area (Å²) in [6.07, 6.45) is 4.69. The van der Waals surface area contributed by atoms with Gasteiger partial charge in [0.15, 0.2) is 6.29 Å². The predicted octanol–water partition coefficient (Wildman–Crippen LogP) is 4.34. The molecule has 0 bridgehead atoms. The quantitative estimate of drug-likeness (QED) is 0.693. The number of aromatic nitrogens is 1. The molecule has 0 aliphatic heterocycles. The normalized spacial score (nSPS) is 26.2. The van der Waals surface area contributed by atoms with Crippen LogP contribution in [-0.4, -0.2) is 31.6 Å². The maximum atomic E-state index is 6.24. The highest BCUT2D eigenvalue weighted by molar-refractivity contribution is 5.20. The molecule has 1 aliphatic carbocycles. The first-order chi connectivity index (χ1) is 12.7. The summed E-state index contributed by atoms with van der Waals surface area (Å²) >= 11 is 0. The summed E-state index contributed by atoms with van der Waals surface area (Å²) in [5.41, 5.74) is 2.22. The van der Waals surface area contributed by atoms with Crippen LogP contribution in [0.5, 0.6) is 0 Å². The van der Waals surface area contributed by atoms with Gasteiger partial charge in [0.25, 0.3) is 0 Å². The van der Waals surface area contributed by atoms with E-state index in [4.69, 9.17) is 14.2 Å². The van der Waals surface area contributed by atoms with Gasteiger partial charge in [0.05, 0.1) is 12.7 Å². The highest BCUT2D eigenvalue weighted by atomic mass is 16.7. The van der Waals surface area contributed by atoms with Crippen molar-refractivity contribution in [3.05, 3.63) is 66.0 Å². The lowest BCUT2D eigenvalue weighted by atomic mass is 9.64. The van der Waals surface area contributed by atoms with Crippen LogP contribution in [0.25, 0.3) is 0 Å². The molecule has 1 aliphatic rings. The van der Waals surface area contributed by atoms with Crippen LogP contribution in [-0.2, 0) is 26.2 Å². The van der Waals surface area contributed by atoms with Crippen molar-refractivity contribution in [3.63, 3.8) is 0 Å². The first kappa shape index (κ1) is 19.0. The molecular weight excluding hydrogens is 326 g/mol. The van der Waals surface area contributed by atoms with Gasteiger partial charge in [-0.05, 0) is 37.0 Å². The Bertz CT molecular complexity index is 660. The minimum Gasteiger partial charge on any atom is -0.374 e. The van der Waals surface area contributed by atoms with Crippen molar-refractivity contribution < 1.29 is 14.2 Å². The summed E-state index contributed by atoms with van der Waals surface area (Å²) in [6, 6.07) is 16.5. The number of rotatable bonds is 7. The first-order valence-electron chi connectivity index (χ1n) is 9.30. The Morgan fingerprint density at radius 3 is 2.46 bits per heavy atom. The molecule has 0 spiro atoms. The van der Waals surface area contributed by atoms with Gasteiger partial charge in [-0.25, -0.2) is 0 Å². The Kier molecular flexibility index (Phi) is 6.41. The number of nitrogens with zero attached hydrogens (tertiary/aromatic N) is 1. The first-order valence-corrected chi connectivity index (χ1v) is 9.30. The number of benzene rings is 1. The third-order valence-corrected chi connectivity index (χ3v) is 5.69. The molecule has 3 atom stereocenters. The summed E-state index contributed by atoms with van der Waals surface area (Å²) in [5.74, 6) is 0.182. The standard InChI is InChI=1S/C22H29NO3/c1-22(20-11-7-8-14-23-20)13-12-18(15-19(22)21(24-2)25-3)26-16-17-9-5-4-6-10-17/h4-11,14,18-19,21H,12-13,15-16H2,1-3H3/t18-,19+,22-/m0/s1. The van der Waals surface area contributed by atoms with Crippen LogP contribution in [0.15, 0.2) is 54.7 Å². The third-order valence-electron chi connectivity index (χ3n) is 5.69. The molecule has 0 saturated heterocycles. The lowest BCUT2D eigenvalue weighted by Gasteiger charge is -2.46. The average Bonchev–Trinajstić information content (AvgIpc) is 2.70. The topological polar surface area (TPSA) is 40.6 Å². The van der Waals surface area contributed by atoms with E-state index < -0.39 is 0 Å². The molecule has 0 radical (unpaired) electrons. The van der Waals surface area contributed by atoms with Gasteiger partial charge in [-0.1, -0.05) is 43.3 Å². The number of hydrogen-bond acceptors (Lipinski definition) is 4. The lowest BCUT2D eigenvalue weighted by molar-refractivity contribution is -0.174. The smallest absolute Gasteiger partial charge is 0.160 e. The minimum atomic E-state index is -0.273. The van der Waals surface area contributed by atoms with E-state index in [1.54, 1.807) is 14.2 Å². The zero-order chi connectivity index (χ0) is 18.4. The molecule has 2 aromatic rings. The van der Waals surface area contributed by atoms with Crippen molar-refractivity contribution in [3.8, 4) is 0 Å². The van der Waals surface area contributed by atoms with Crippen LogP contribution in [0.3, 0.4) is 0 Å². The summed E-state index contributed by atoms with van der Waals surface area (Å²) in [4.78, 5) is 4.64. The molecule has 1 aromatic carbocycles. The Hall–Kier alpha value is -1.75.